The summed E-state index contributed by atoms with van der Waals surface area (Å²) >= 11 is 0. The lowest BCUT2D eigenvalue weighted by Crippen LogP contribution is -2.45. The quantitative estimate of drug-likeness (QED) is 0.715. The average Bonchev–Trinajstić information content (AvgIpc) is 3.06. The van der Waals surface area contributed by atoms with Crippen LogP contribution in [0.3, 0.4) is 0 Å². The molecule has 3 N–H and O–H groups in total. The van der Waals surface area contributed by atoms with Crippen molar-refractivity contribution in [3.63, 3.8) is 0 Å². The zero-order valence-electron chi connectivity index (χ0n) is 12.4. The van der Waals surface area contributed by atoms with Gasteiger partial charge in [-0.25, -0.2) is 0 Å². The highest BCUT2D eigenvalue weighted by Crippen LogP contribution is 2.16. The molecule has 0 saturated heterocycles. The second-order valence-electron chi connectivity index (χ2n) is 5.34. The molecular weight excluding hydrogens is 286 g/mol. The lowest BCUT2D eigenvalue weighted by atomic mass is 9.95. The van der Waals surface area contributed by atoms with E-state index in [1.807, 2.05) is 0 Å². The Balaban J connectivity index is 1.60. The van der Waals surface area contributed by atoms with Gasteiger partial charge in [-0.3, -0.25) is 14.4 Å². The summed E-state index contributed by atoms with van der Waals surface area (Å²) in [5, 5.41) is 7.80. The van der Waals surface area contributed by atoms with Crippen LogP contribution in [0, 0.1) is 0 Å². The van der Waals surface area contributed by atoms with Gasteiger partial charge in [0.15, 0.2) is 5.76 Å². The number of nitrogens with one attached hydrogen (secondary N) is 3. The van der Waals surface area contributed by atoms with E-state index in [0.717, 1.165) is 25.7 Å². The van der Waals surface area contributed by atoms with E-state index in [-0.39, 0.29) is 30.8 Å². The smallest absolute Gasteiger partial charge is 0.287 e. The number of furan rings is 1. The molecule has 0 spiro atoms. The minimum atomic E-state index is -0.466. The van der Waals surface area contributed by atoms with Crippen molar-refractivity contribution in [2.75, 3.05) is 13.1 Å². The van der Waals surface area contributed by atoms with Crippen LogP contribution < -0.4 is 16.0 Å². The van der Waals surface area contributed by atoms with Gasteiger partial charge in [-0.1, -0.05) is 19.3 Å². The van der Waals surface area contributed by atoms with Crippen LogP contribution in [-0.2, 0) is 9.59 Å². The van der Waals surface area contributed by atoms with E-state index in [1.54, 1.807) is 6.07 Å². The summed E-state index contributed by atoms with van der Waals surface area (Å²) in [6, 6.07) is 3.31. The molecule has 1 heterocycles. The molecule has 7 nitrogen and oxygen atoms in total. The Morgan fingerprint density at radius 2 is 1.77 bits per heavy atom. The van der Waals surface area contributed by atoms with Gasteiger partial charge in [0.25, 0.3) is 5.91 Å². The van der Waals surface area contributed by atoms with Gasteiger partial charge in [-0.15, -0.1) is 0 Å². The maximum absolute atomic E-state index is 11.7. The maximum Gasteiger partial charge on any atom is 0.287 e. The van der Waals surface area contributed by atoms with Crippen molar-refractivity contribution in [3.05, 3.63) is 24.2 Å². The number of carbonyl (C=O) groups is 3. The normalized spacial score (nSPS) is 15.1. The van der Waals surface area contributed by atoms with Crippen molar-refractivity contribution in [1.82, 2.24) is 16.0 Å². The number of hydrogen-bond acceptors (Lipinski definition) is 4. The molecular formula is C15H21N3O4. The van der Waals surface area contributed by atoms with Crippen LogP contribution >= 0.6 is 0 Å². The first kappa shape index (κ1) is 16.1. The molecule has 0 unspecified atom stereocenters. The fourth-order valence-electron chi connectivity index (χ4n) is 2.42. The minimum absolute atomic E-state index is 0.0774. The van der Waals surface area contributed by atoms with Crippen LogP contribution in [0.4, 0.5) is 0 Å². The maximum atomic E-state index is 11.7. The van der Waals surface area contributed by atoms with Gasteiger partial charge in [-0.05, 0) is 25.0 Å². The van der Waals surface area contributed by atoms with Gasteiger partial charge in [0, 0.05) is 6.04 Å². The van der Waals surface area contributed by atoms with Gasteiger partial charge in [0.2, 0.25) is 11.8 Å². The Labute approximate surface area is 128 Å². The number of amides is 3. The van der Waals surface area contributed by atoms with Crippen molar-refractivity contribution in [2.45, 2.75) is 38.1 Å². The van der Waals surface area contributed by atoms with E-state index in [9.17, 15) is 14.4 Å². The minimum Gasteiger partial charge on any atom is -0.459 e. The van der Waals surface area contributed by atoms with Gasteiger partial charge < -0.3 is 20.4 Å². The molecule has 1 aromatic rings. The zero-order valence-corrected chi connectivity index (χ0v) is 12.4. The third-order valence-corrected chi connectivity index (χ3v) is 3.57. The Morgan fingerprint density at radius 1 is 1.05 bits per heavy atom. The molecule has 1 aromatic heterocycles. The Kier molecular flexibility index (Phi) is 6.00. The first-order chi connectivity index (χ1) is 10.6. The van der Waals surface area contributed by atoms with Crippen molar-refractivity contribution >= 4 is 17.7 Å². The second kappa shape index (κ2) is 8.21. The Bertz CT molecular complexity index is 507. The number of rotatable bonds is 6. The highest BCUT2D eigenvalue weighted by atomic mass is 16.3. The van der Waals surface area contributed by atoms with Crippen LogP contribution in [0.1, 0.15) is 42.7 Å². The molecule has 0 radical (unpaired) electrons. The van der Waals surface area contributed by atoms with E-state index in [2.05, 4.69) is 16.0 Å². The summed E-state index contributed by atoms with van der Waals surface area (Å²) in [5.74, 6) is -0.939. The fourth-order valence-corrected chi connectivity index (χ4v) is 2.42. The van der Waals surface area contributed by atoms with Crippen LogP contribution in [0.25, 0.3) is 0 Å². The molecule has 0 aliphatic heterocycles. The van der Waals surface area contributed by atoms with Crippen molar-refractivity contribution in [2.24, 2.45) is 0 Å². The van der Waals surface area contributed by atoms with E-state index >= 15 is 0 Å². The van der Waals surface area contributed by atoms with Crippen LogP contribution in [0.2, 0.25) is 0 Å². The molecule has 22 heavy (non-hydrogen) atoms. The molecule has 2 rings (SSSR count). The topological polar surface area (TPSA) is 100 Å². The first-order valence-electron chi connectivity index (χ1n) is 7.53. The highest BCUT2D eigenvalue weighted by Gasteiger charge is 2.16. The molecule has 1 aliphatic carbocycles. The predicted octanol–water partition coefficient (Wildman–Crippen LogP) is 0.574. The monoisotopic (exact) mass is 307 g/mol. The molecule has 1 fully saturated rings. The van der Waals surface area contributed by atoms with Crippen molar-refractivity contribution in [1.29, 1.82) is 0 Å². The predicted molar refractivity (Wildman–Crippen MR) is 79.1 cm³/mol. The largest absolute Gasteiger partial charge is 0.459 e. The Hall–Kier alpha value is -2.31. The fraction of sp³-hybridized carbons (Fsp3) is 0.533. The summed E-state index contributed by atoms with van der Waals surface area (Å²) in [7, 11) is 0. The van der Waals surface area contributed by atoms with Gasteiger partial charge in [0.1, 0.15) is 0 Å². The Morgan fingerprint density at radius 3 is 2.45 bits per heavy atom. The van der Waals surface area contributed by atoms with E-state index in [1.165, 1.54) is 18.8 Å². The number of hydrogen-bond donors (Lipinski definition) is 3. The molecule has 0 atom stereocenters. The van der Waals surface area contributed by atoms with E-state index in [0.29, 0.717) is 0 Å². The third kappa shape index (κ3) is 5.23. The molecule has 1 aliphatic rings. The summed E-state index contributed by atoms with van der Waals surface area (Å²) in [6.45, 7) is -0.276. The lowest BCUT2D eigenvalue weighted by molar-refractivity contribution is -0.126. The number of carbonyl (C=O) groups excluding carboxylic acids is 3. The first-order valence-corrected chi connectivity index (χ1v) is 7.53. The molecule has 7 heteroatoms. The van der Waals surface area contributed by atoms with Gasteiger partial charge in [0.05, 0.1) is 19.4 Å². The standard InChI is InChI=1S/C15H21N3O4/c19-13(9-17-15(21)12-7-4-8-22-12)16-10-14(20)18-11-5-2-1-3-6-11/h4,7-8,11H,1-3,5-6,9-10H2,(H,16,19)(H,17,21)(H,18,20). The lowest BCUT2D eigenvalue weighted by Gasteiger charge is -2.22. The summed E-state index contributed by atoms with van der Waals surface area (Å²) in [5.41, 5.74) is 0. The molecule has 120 valence electrons. The average molecular weight is 307 g/mol. The molecule has 1 saturated carbocycles. The second-order valence-corrected chi connectivity index (χ2v) is 5.34. The van der Waals surface area contributed by atoms with E-state index < -0.39 is 11.8 Å². The summed E-state index contributed by atoms with van der Waals surface area (Å²) in [6.07, 6.45) is 6.87. The molecule has 3 amide bonds. The van der Waals surface area contributed by atoms with Crippen LogP contribution in [-0.4, -0.2) is 36.9 Å². The summed E-state index contributed by atoms with van der Waals surface area (Å²) in [4.78, 5) is 34.8. The summed E-state index contributed by atoms with van der Waals surface area (Å²) < 4.78 is 4.90. The van der Waals surface area contributed by atoms with Crippen LogP contribution in [0.15, 0.2) is 22.8 Å². The molecule has 0 aromatic carbocycles. The molecule has 0 bridgehead atoms. The van der Waals surface area contributed by atoms with E-state index in [4.69, 9.17) is 4.42 Å². The van der Waals surface area contributed by atoms with Crippen LogP contribution in [0.5, 0.6) is 0 Å². The third-order valence-electron chi connectivity index (χ3n) is 3.57. The zero-order chi connectivity index (χ0) is 15.8. The SMILES string of the molecule is O=C(CNC(=O)c1ccco1)NCC(=O)NC1CCCCC1. The highest BCUT2D eigenvalue weighted by molar-refractivity contribution is 5.94. The van der Waals surface area contributed by atoms with Crippen molar-refractivity contribution < 1.29 is 18.8 Å². The van der Waals surface area contributed by atoms with Crippen molar-refractivity contribution in [3.8, 4) is 0 Å². The van der Waals surface area contributed by atoms with Gasteiger partial charge in [-0.2, -0.15) is 0 Å². The van der Waals surface area contributed by atoms with Gasteiger partial charge >= 0.3 is 0 Å².